The van der Waals surface area contributed by atoms with Gasteiger partial charge in [0.2, 0.25) is 0 Å². The minimum absolute atomic E-state index is 0.0924. The predicted octanol–water partition coefficient (Wildman–Crippen LogP) is 5.90. The van der Waals surface area contributed by atoms with Crippen LogP contribution in [-0.2, 0) is 9.59 Å². The van der Waals surface area contributed by atoms with Crippen LogP contribution in [0.2, 0.25) is 0 Å². The molecule has 1 saturated heterocycles. The summed E-state index contributed by atoms with van der Waals surface area (Å²) in [4.78, 5) is 28.1. The number of amides is 1. The van der Waals surface area contributed by atoms with E-state index in [0.717, 1.165) is 13.8 Å². The fourth-order valence-electron chi connectivity index (χ4n) is 3.20. The van der Waals surface area contributed by atoms with Crippen LogP contribution in [0.3, 0.4) is 0 Å². The Morgan fingerprint density at radius 2 is 1.71 bits per heavy atom. The quantitative estimate of drug-likeness (QED) is 0.267. The van der Waals surface area contributed by atoms with Gasteiger partial charge in [-0.05, 0) is 41.8 Å². The number of halogens is 2. The van der Waals surface area contributed by atoms with Crippen LogP contribution in [0.1, 0.15) is 16.5 Å². The van der Waals surface area contributed by atoms with Crippen molar-refractivity contribution in [2.24, 2.45) is 0 Å². The van der Waals surface area contributed by atoms with Crippen molar-refractivity contribution < 1.29 is 14.7 Å². The van der Waals surface area contributed by atoms with E-state index in [1.165, 1.54) is 16.2 Å². The maximum Gasteiger partial charge on any atom is 0.300 e. The van der Waals surface area contributed by atoms with E-state index in [1.54, 1.807) is 42.5 Å². The van der Waals surface area contributed by atoms with Crippen LogP contribution >= 0.6 is 43.2 Å². The van der Waals surface area contributed by atoms with Crippen LogP contribution in [0.25, 0.3) is 5.76 Å². The van der Waals surface area contributed by atoms with Crippen molar-refractivity contribution in [1.29, 1.82) is 0 Å². The summed E-state index contributed by atoms with van der Waals surface area (Å²) in [5, 5.41) is 12.8. The molecule has 2 heterocycles. The first-order valence-corrected chi connectivity index (χ1v) is 10.8. The molecule has 3 aromatic rings. The molecule has 1 fully saturated rings. The van der Waals surface area contributed by atoms with Gasteiger partial charge in [-0.1, -0.05) is 56.1 Å². The number of carbonyl (C=O) groups excluding carboxylic acids is 2. The number of hydrogen-bond donors (Lipinski definition) is 1. The van der Waals surface area contributed by atoms with E-state index in [4.69, 9.17) is 0 Å². The molecule has 0 aliphatic carbocycles. The van der Waals surface area contributed by atoms with Gasteiger partial charge in [0, 0.05) is 25.1 Å². The Morgan fingerprint density at radius 1 is 0.964 bits per heavy atom. The maximum absolute atomic E-state index is 12.9. The van der Waals surface area contributed by atoms with Gasteiger partial charge in [-0.3, -0.25) is 14.5 Å². The maximum atomic E-state index is 12.9. The third-order valence-corrected chi connectivity index (χ3v) is 6.41. The minimum atomic E-state index is -0.696. The second kappa shape index (κ2) is 7.66. The third kappa shape index (κ3) is 3.34. The number of carbonyl (C=O) groups is 2. The largest absolute Gasteiger partial charge is 0.507 e. The number of hydrogen-bond acceptors (Lipinski definition) is 4. The summed E-state index contributed by atoms with van der Waals surface area (Å²) in [6.45, 7) is 0. The molecule has 1 aliphatic heterocycles. The number of benzene rings is 2. The lowest BCUT2D eigenvalue weighted by molar-refractivity contribution is -0.132. The topological polar surface area (TPSA) is 57.6 Å². The molecule has 140 valence electrons. The smallest absolute Gasteiger partial charge is 0.300 e. The number of aliphatic hydroxyl groups excluding tert-OH is 1. The Labute approximate surface area is 182 Å². The van der Waals surface area contributed by atoms with Crippen molar-refractivity contribution in [3.05, 3.63) is 91.0 Å². The number of nitrogens with zero attached hydrogens (tertiary/aromatic N) is 1. The highest BCUT2D eigenvalue weighted by molar-refractivity contribution is 9.10. The van der Waals surface area contributed by atoms with Gasteiger partial charge in [0.1, 0.15) is 11.8 Å². The molecule has 4 nitrogen and oxygen atoms in total. The fraction of sp³-hybridized carbons (Fsp3) is 0.0476. The number of Topliss-reactive ketones (excluding diaryl/α,β-unsaturated/α-hetero) is 1. The molecule has 0 saturated carbocycles. The van der Waals surface area contributed by atoms with Crippen molar-refractivity contribution in [2.75, 3.05) is 4.90 Å². The molecule has 2 aromatic carbocycles. The lowest BCUT2D eigenvalue weighted by Gasteiger charge is -2.24. The first-order chi connectivity index (χ1) is 13.5. The summed E-state index contributed by atoms with van der Waals surface area (Å²) >= 11 is 8.21. The standard InChI is InChI=1S/C21H13Br2NO3S/c22-13-8-6-12(7-9-13)19(25)17-18(16-5-2-10-28-16)24(21(27)20(17)26)15-4-1-3-14(23)11-15/h1-11,18,25H/b19-17-. The van der Waals surface area contributed by atoms with Gasteiger partial charge in [0.15, 0.2) is 0 Å². The number of rotatable bonds is 3. The summed E-state index contributed by atoms with van der Waals surface area (Å²) in [6, 6.07) is 17.2. The molecule has 1 aromatic heterocycles. The number of thiophene rings is 1. The average molecular weight is 519 g/mol. The number of aliphatic hydroxyl groups is 1. The van der Waals surface area contributed by atoms with Crippen molar-refractivity contribution >= 4 is 66.3 Å². The molecule has 0 radical (unpaired) electrons. The van der Waals surface area contributed by atoms with E-state index < -0.39 is 17.7 Å². The molecule has 0 bridgehead atoms. The molecule has 1 aliphatic rings. The van der Waals surface area contributed by atoms with Gasteiger partial charge in [-0.2, -0.15) is 0 Å². The molecular formula is C21H13Br2NO3S. The van der Waals surface area contributed by atoms with Crippen molar-refractivity contribution in [2.45, 2.75) is 6.04 Å². The van der Waals surface area contributed by atoms with E-state index in [-0.39, 0.29) is 11.3 Å². The van der Waals surface area contributed by atoms with Crippen LogP contribution in [0.15, 0.2) is 80.6 Å². The van der Waals surface area contributed by atoms with Gasteiger partial charge < -0.3 is 5.11 Å². The first-order valence-electron chi connectivity index (χ1n) is 8.33. The van der Waals surface area contributed by atoms with E-state index in [2.05, 4.69) is 31.9 Å². The molecule has 1 amide bonds. The Hall–Kier alpha value is -2.22. The average Bonchev–Trinajstić information content (AvgIpc) is 3.29. The summed E-state index contributed by atoms with van der Waals surface area (Å²) in [5.74, 6) is -1.53. The molecule has 1 atom stereocenters. The van der Waals surface area contributed by atoms with Gasteiger partial charge >= 0.3 is 0 Å². The van der Waals surface area contributed by atoms with Gasteiger partial charge in [-0.15, -0.1) is 11.3 Å². The summed E-state index contributed by atoms with van der Waals surface area (Å²) in [5.41, 5.74) is 1.16. The Bertz CT molecular complexity index is 1090. The predicted molar refractivity (Wildman–Crippen MR) is 117 cm³/mol. The summed E-state index contributed by atoms with van der Waals surface area (Å²) in [7, 11) is 0. The first kappa shape index (κ1) is 19.1. The molecule has 28 heavy (non-hydrogen) atoms. The summed E-state index contributed by atoms with van der Waals surface area (Å²) < 4.78 is 1.65. The van der Waals surface area contributed by atoms with Crippen LogP contribution in [0.4, 0.5) is 5.69 Å². The van der Waals surface area contributed by atoms with Gasteiger partial charge in [0.05, 0.1) is 5.57 Å². The van der Waals surface area contributed by atoms with E-state index in [1.807, 2.05) is 23.6 Å². The second-order valence-electron chi connectivity index (χ2n) is 6.17. The fourth-order valence-corrected chi connectivity index (χ4v) is 4.68. The zero-order valence-corrected chi connectivity index (χ0v) is 18.3. The Balaban J connectivity index is 1.93. The van der Waals surface area contributed by atoms with Crippen molar-refractivity contribution in [3.8, 4) is 0 Å². The number of anilines is 1. The zero-order valence-electron chi connectivity index (χ0n) is 14.3. The highest BCUT2D eigenvalue weighted by Gasteiger charge is 2.47. The van der Waals surface area contributed by atoms with Crippen LogP contribution in [0, 0.1) is 0 Å². The lowest BCUT2D eigenvalue weighted by atomic mass is 10.00. The molecule has 1 N–H and O–H groups in total. The van der Waals surface area contributed by atoms with Crippen LogP contribution in [0.5, 0.6) is 0 Å². The highest BCUT2D eigenvalue weighted by Crippen LogP contribution is 2.43. The SMILES string of the molecule is O=C1C(=O)N(c2cccc(Br)c2)C(c2cccs2)/C1=C(/O)c1ccc(Br)cc1. The van der Waals surface area contributed by atoms with E-state index >= 15 is 0 Å². The normalized spacial score (nSPS) is 18.6. The van der Waals surface area contributed by atoms with Crippen molar-refractivity contribution in [3.63, 3.8) is 0 Å². The molecule has 1 unspecified atom stereocenters. The highest BCUT2D eigenvalue weighted by atomic mass is 79.9. The Morgan fingerprint density at radius 3 is 2.36 bits per heavy atom. The van der Waals surface area contributed by atoms with E-state index in [9.17, 15) is 14.7 Å². The van der Waals surface area contributed by atoms with E-state index in [0.29, 0.717) is 11.3 Å². The number of ketones is 1. The lowest BCUT2D eigenvalue weighted by Crippen LogP contribution is -2.29. The van der Waals surface area contributed by atoms with Crippen LogP contribution < -0.4 is 4.90 Å². The molecular weight excluding hydrogens is 506 g/mol. The Kier molecular flexibility index (Phi) is 5.23. The minimum Gasteiger partial charge on any atom is -0.507 e. The van der Waals surface area contributed by atoms with Crippen molar-refractivity contribution in [1.82, 2.24) is 0 Å². The third-order valence-electron chi connectivity index (χ3n) is 4.46. The molecule has 4 rings (SSSR count). The van der Waals surface area contributed by atoms with Crippen LogP contribution in [-0.4, -0.2) is 16.8 Å². The zero-order chi connectivity index (χ0) is 19.8. The monoisotopic (exact) mass is 517 g/mol. The van der Waals surface area contributed by atoms with Gasteiger partial charge in [-0.25, -0.2) is 0 Å². The summed E-state index contributed by atoms with van der Waals surface area (Å²) in [6.07, 6.45) is 0. The second-order valence-corrected chi connectivity index (χ2v) is 8.98. The molecule has 7 heteroatoms. The molecule has 0 spiro atoms. The van der Waals surface area contributed by atoms with Gasteiger partial charge in [0.25, 0.3) is 11.7 Å².